The third-order valence-corrected chi connectivity index (χ3v) is 3.25. The van der Waals surface area contributed by atoms with Crippen molar-refractivity contribution < 1.29 is 14.3 Å². The van der Waals surface area contributed by atoms with Crippen molar-refractivity contribution in [2.24, 2.45) is 5.73 Å². The van der Waals surface area contributed by atoms with Crippen molar-refractivity contribution in [3.05, 3.63) is 0 Å². The molecule has 106 valence electrons. The monoisotopic (exact) mass is 258 g/mol. The van der Waals surface area contributed by atoms with Crippen molar-refractivity contribution in [2.45, 2.75) is 51.8 Å². The SMILES string of the molecule is CC(C)(C)OC(=O)C(N)C(C)(C)N1CCOCC1. The largest absolute Gasteiger partial charge is 0.459 e. The van der Waals surface area contributed by atoms with Gasteiger partial charge in [-0.05, 0) is 34.6 Å². The number of carbonyl (C=O) groups excluding carboxylic acids is 1. The van der Waals surface area contributed by atoms with Crippen LogP contribution in [0.3, 0.4) is 0 Å². The molecule has 0 aliphatic carbocycles. The van der Waals surface area contributed by atoms with Gasteiger partial charge in [-0.25, -0.2) is 0 Å². The number of hydrogen-bond donors (Lipinski definition) is 1. The van der Waals surface area contributed by atoms with Gasteiger partial charge in [-0.15, -0.1) is 0 Å². The van der Waals surface area contributed by atoms with Crippen LogP contribution in [0.1, 0.15) is 34.6 Å². The highest BCUT2D eigenvalue weighted by Gasteiger charge is 2.40. The van der Waals surface area contributed by atoms with Gasteiger partial charge in [0.25, 0.3) is 0 Å². The summed E-state index contributed by atoms with van der Waals surface area (Å²) in [4.78, 5) is 14.2. The van der Waals surface area contributed by atoms with Gasteiger partial charge in [-0.3, -0.25) is 9.69 Å². The summed E-state index contributed by atoms with van der Waals surface area (Å²) in [6, 6.07) is -0.658. The number of morpholine rings is 1. The summed E-state index contributed by atoms with van der Waals surface area (Å²) in [7, 11) is 0. The molecule has 0 aromatic heterocycles. The van der Waals surface area contributed by atoms with Crippen LogP contribution in [-0.2, 0) is 14.3 Å². The molecule has 1 aliphatic heterocycles. The van der Waals surface area contributed by atoms with Crippen molar-refractivity contribution in [1.29, 1.82) is 0 Å². The molecule has 1 atom stereocenters. The van der Waals surface area contributed by atoms with E-state index >= 15 is 0 Å². The molecule has 1 heterocycles. The lowest BCUT2D eigenvalue weighted by Crippen LogP contribution is -2.62. The summed E-state index contributed by atoms with van der Waals surface area (Å²) < 4.78 is 10.7. The first-order valence-corrected chi connectivity index (χ1v) is 6.46. The minimum atomic E-state index is -0.658. The number of esters is 1. The Bertz CT molecular complexity index is 291. The molecule has 0 bridgehead atoms. The second kappa shape index (κ2) is 5.55. The summed E-state index contributed by atoms with van der Waals surface area (Å²) in [5.74, 6) is -0.348. The summed E-state index contributed by atoms with van der Waals surface area (Å²) in [5, 5.41) is 0. The molecular weight excluding hydrogens is 232 g/mol. The van der Waals surface area contributed by atoms with Gasteiger partial charge in [0.2, 0.25) is 0 Å². The molecule has 1 unspecified atom stereocenters. The van der Waals surface area contributed by atoms with Gasteiger partial charge >= 0.3 is 5.97 Å². The zero-order valence-electron chi connectivity index (χ0n) is 12.2. The van der Waals surface area contributed by atoms with Gasteiger partial charge in [0, 0.05) is 18.6 Å². The first kappa shape index (κ1) is 15.4. The summed E-state index contributed by atoms with van der Waals surface area (Å²) in [6.07, 6.45) is 0. The van der Waals surface area contributed by atoms with E-state index in [-0.39, 0.29) is 5.97 Å². The molecule has 0 radical (unpaired) electrons. The van der Waals surface area contributed by atoms with E-state index in [4.69, 9.17) is 15.2 Å². The standard InChI is InChI=1S/C13H26N2O3/c1-12(2,3)18-11(16)10(14)13(4,5)15-6-8-17-9-7-15/h10H,6-9,14H2,1-5H3. The summed E-state index contributed by atoms with van der Waals surface area (Å²) >= 11 is 0. The van der Waals surface area contributed by atoms with Crippen molar-refractivity contribution in [3.8, 4) is 0 Å². The van der Waals surface area contributed by atoms with E-state index in [2.05, 4.69) is 4.90 Å². The van der Waals surface area contributed by atoms with Crippen LogP contribution < -0.4 is 5.73 Å². The quantitative estimate of drug-likeness (QED) is 0.757. The van der Waals surface area contributed by atoms with E-state index in [1.54, 1.807) is 0 Å². The molecule has 1 fully saturated rings. The fourth-order valence-electron chi connectivity index (χ4n) is 1.99. The fourth-order valence-corrected chi connectivity index (χ4v) is 1.99. The minimum Gasteiger partial charge on any atom is -0.459 e. The highest BCUT2D eigenvalue weighted by atomic mass is 16.6. The predicted octanol–water partition coefficient (Wildman–Crippen LogP) is 0.766. The van der Waals surface area contributed by atoms with E-state index in [0.717, 1.165) is 13.1 Å². The van der Waals surface area contributed by atoms with Crippen molar-refractivity contribution in [2.75, 3.05) is 26.3 Å². The Balaban J connectivity index is 2.67. The van der Waals surface area contributed by atoms with E-state index in [1.807, 2.05) is 34.6 Å². The van der Waals surface area contributed by atoms with Gasteiger partial charge in [-0.1, -0.05) is 0 Å². The molecule has 5 nitrogen and oxygen atoms in total. The van der Waals surface area contributed by atoms with Gasteiger partial charge in [0.1, 0.15) is 11.6 Å². The van der Waals surface area contributed by atoms with Crippen LogP contribution in [0.2, 0.25) is 0 Å². The first-order valence-electron chi connectivity index (χ1n) is 6.46. The van der Waals surface area contributed by atoms with Crippen LogP contribution in [0.5, 0.6) is 0 Å². The van der Waals surface area contributed by atoms with Crippen LogP contribution in [0.15, 0.2) is 0 Å². The zero-order valence-corrected chi connectivity index (χ0v) is 12.2. The Morgan fingerprint density at radius 1 is 1.22 bits per heavy atom. The Morgan fingerprint density at radius 3 is 2.17 bits per heavy atom. The smallest absolute Gasteiger partial charge is 0.325 e. The lowest BCUT2D eigenvalue weighted by atomic mass is 9.92. The van der Waals surface area contributed by atoms with E-state index in [1.165, 1.54) is 0 Å². The maximum absolute atomic E-state index is 12.0. The molecule has 18 heavy (non-hydrogen) atoms. The molecule has 0 aromatic carbocycles. The molecule has 0 aromatic rings. The molecular formula is C13H26N2O3. The number of hydrogen-bond acceptors (Lipinski definition) is 5. The second-order valence-corrected chi connectivity index (χ2v) is 6.26. The molecule has 2 N–H and O–H groups in total. The lowest BCUT2D eigenvalue weighted by Gasteiger charge is -2.43. The lowest BCUT2D eigenvalue weighted by molar-refractivity contribution is -0.161. The molecule has 0 amide bonds. The van der Waals surface area contributed by atoms with E-state index < -0.39 is 17.2 Å². The Morgan fingerprint density at radius 2 is 1.72 bits per heavy atom. The topological polar surface area (TPSA) is 64.8 Å². The van der Waals surface area contributed by atoms with Crippen LogP contribution in [0, 0.1) is 0 Å². The average molecular weight is 258 g/mol. The first-order chi connectivity index (χ1) is 8.14. The van der Waals surface area contributed by atoms with Crippen LogP contribution in [-0.4, -0.2) is 54.4 Å². The Hall–Kier alpha value is -0.650. The van der Waals surface area contributed by atoms with Crippen LogP contribution in [0.25, 0.3) is 0 Å². The summed E-state index contributed by atoms with van der Waals surface area (Å²) in [6.45, 7) is 12.5. The van der Waals surface area contributed by atoms with E-state index in [0.29, 0.717) is 13.2 Å². The average Bonchev–Trinajstić information content (AvgIpc) is 2.27. The van der Waals surface area contributed by atoms with E-state index in [9.17, 15) is 4.79 Å². The fraction of sp³-hybridized carbons (Fsp3) is 0.923. The number of ether oxygens (including phenoxy) is 2. The number of carbonyl (C=O) groups is 1. The summed E-state index contributed by atoms with van der Waals surface area (Å²) in [5.41, 5.74) is 5.15. The third kappa shape index (κ3) is 3.93. The number of nitrogens with zero attached hydrogens (tertiary/aromatic N) is 1. The molecule has 1 saturated heterocycles. The normalized spacial score (nSPS) is 20.6. The third-order valence-electron chi connectivity index (χ3n) is 3.25. The van der Waals surface area contributed by atoms with Crippen molar-refractivity contribution in [1.82, 2.24) is 4.90 Å². The highest BCUT2D eigenvalue weighted by molar-refractivity contribution is 5.77. The van der Waals surface area contributed by atoms with Gasteiger partial charge in [-0.2, -0.15) is 0 Å². The predicted molar refractivity (Wildman–Crippen MR) is 70.3 cm³/mol. The maximum atomic E-state index is 12.0. The molecule has 1 aliphatic rings. The van der Waals surface area contributed by atoms with Gasteiger partial charge in [0.15, 0.2) is 0 Å². The van der Waals surface area contributed by atoms with Crippen molar-refractivity contribution >= 4 is 5.97 Å². The Kier molecular flexibility index (Phi) is 4.75. The molecule has 0 saturated carbocycles. The number of rotatable bonds is 3. The highest BCUT2D eigenvalue weighted by Crippen LogP contribution is 2.21. The van der Waals surface area contributed by atoms with Gasteiger partial charge < -0.3 is 15.2 Å². The number of nitrogens with two attached hydrogens (primary N) is 1. The van der Waals surface area contributed by atoms with Crippen LogP contribution in [0.4, 0.5) is 0 Å². The zero-order chi connectivity index (χ0) is 14.0. The molecule has 5 heteroatoms. The van der Waals surface area contributed by atoms with Gasteiger partial charge in [0.05, 0.1) is 13.2 Å². The minimum absolute atomic E-state index is 0.348. The Labute approximate surface area is 110 Å². The molecule has 0 spiro atoms. The molecule has 1 rings (SSSR count). The van der Waals surface area contributed by atoms with Crippen molar-refractivity contribution in [3.63, 3.8) is 0 Å². The maximum Gasteiger partial charge on any atom is 0.325 e. The van der Waals surface area contributed by atoms with Crippen LogP contribution >= 0.6 is 0 Å². The second-order valence-electron chi connectivity index (χ2n) is 6.26.